The van der Waals surface area contributed by atoms with Crippen molar-refractivity contribution in [2.45, 2.75) is 44.1 Å². The van der Waals surface area contributed by atoms with Crippen LogP contribution < -0.4 is 4.74 Å². The number of benzene rings is 2. The van der Waals surface area contributed by atoms with Gasteiger partial charge in [0.05, 0.1) is 5.71 Å². The fraction of sp³-hybridized carbons (Fsp3) is 0.435. The molecule has 1 fully saturated rings. The van der Waals surface area contributed by atoms with Gasteiger partial charge in [0.25, 0.3) is 0 Å². The number of nitrogens with zero attached hydrogens (tertiary/aromatic N) is 1. The highest BCUT2D eigenvalue weighted by Crippen LogP contribution is 2.34. The molecule has 1 saturated heterocycles. The molecule has 2 aromatic carbocycles. The molecule has 0 spiro atoms. The predicted octanol–water partition coefficient (Wildman–Crippen LogP) is 2.46. The van der Waals surface area contributed by atoms with Crippen LogP contribution in [0.15, 0.2) is 47.6 Å². The van der Waals surface area contributed by atoms with Gasteiger partial charge in [0.1, 0.15) is 43.9 Å². The first-order chi connectivity index (χ1) is 15.3. The van der Waals surface area contributed by atoms with Gasteiger partial charge in [0, 0.05) is 12.1 Å². The lowest BCUT2D eigenvalue weighted by Crippen LogP contribution is -2.54. The summed E-state index contributed by atoms with van der Waals surface area (Å²) in [6, 6.07) is 12.9. The highest BCUT2D eigenvalue weighted by Gasteiger charge is 2.44. The third-order valence-electron chi connectivity index (χ3n) is 5.21. The number of methoxy groups -OCH3 is 1. The van der Waals surface area contributed by atoms with Crippen LogP contribution >= 0.6 is 11.6 Å². The summed E-state index contributed by atoms with van der Waals surface area (Å²) in [5.74, 6) is 0.705. The van der Waals surface area contributed by atoms with Gasteiger partial charge in [0.2, 0.25) is 0 Å². The Kier molecular flexibility index (Phi) is 8.47. The molecule has 1 aliphatic heterocycles. The predicted molar refractivity (Wildman–Crippen MR) is 119 cm³/mol. The molecule has 1 heterocycles. The minimum absolute atomic E-state index is 0.327. The second-order valence-corrected chi connectivity index (χ2v) is 8.01. The molecular weight excluding hydrogens is 438 g/mol. The zero-order valence-electron chi connectivity index (χ0n) is 18.1. The number of aliphatic hydroxyl groups is 3. The zero-order chi connectivity index (χ0) is 23.3. The number of hydrogen-bond acceptors (Lipinski definition) is 8. The SMILES string of the molecule is CO/N=C(\C)COc1ccc(Cc2cc(C3O[C@H](OC)[C@@H](O)[C@H](O)[C@H]3O)ccc2Cl)cc1. The Balaban J connectivity index is 1.73. The van der Waals surface area contributed by atoms with Crippen molar-refractivity contribution in [1.82, 2.24) is 0 Å². The molecule has 32 heavy (non-hydrogen) atoms. The number of aliphatic hydroxyl groups excluding tert-OH is 3. The van der Waals surface area contributed by atoms with Crippen LogP contribution in [-0.4, -0.2) is 66.5 Å². The Labute approximate surface area is 191 Å². The standard InChI is InChI=1S/C23H28ClNO7/c1-13(25-30-3)12-31-17-7-4-14(5-8-17)10-16-11-15(6-9-18(16)24)22-20(27)19(26)21(28)23(29-2)32-22/h4-9,11,19-23,26-28H,10,12H2,1-3H3/b25-13+/t19-,20-,21+,22?,23+/m1/s1. The van der Waals surface area contributed by atoms with Crippen LogP contribution in [0, 0.1) is 0 Å². The van der Waals surface area contributed by atoms with Crippen molar-refractivity contribution in [2.24, 2.45) is 5.16 Å². The number of ether oxygens (including phenoxy) is 3. The summed E-state index contributed by atoms with van der Waals surface area (Å²) in [6.07, 6.45) is -5.44. The number of hydrogen-bond donors (Lipinski definition) is 3. The molecule has 174 valence electrons. The molecule has 8 nitrogen and oxygen atoms in total. The third kappa shape index (κ3) is 5.78. The first-order valence-electron chi connectivity index (χ1n) is 10.1. The van der Waals surface area contributed by atoms with Gasteiger partial charge in [-0.2, -0.15) is 0 Å². The Morgan fingerprint density at radius 2 is 1.75 bits per heavy atom. The van der Waals surface area contributed by atoms with Crippen molar-refractivity contribution in [3.8, 4) is 5.75 Å². The van der Waals surface area contributed by atoms with Crippen LogP contribution in [0.3, 0.4) is 0 Å². The van der Waals surface area contributed by atoms with Gasteiger partial charge in [-0.15, -0.1) is 0 Å². The molecule has 1 unspecified atom stereocenters. The van der Waals surface area contributed by atoms with E-state index in [4.69, 9.17) is 30.6 Å². The summed E-state index contributed by atoms with van der Waals surface area (Å²) in [7, 11) is 2.85. The Bertz CT molecular complexity index is 919. The minimum atomic E-state index is -1.40. The zero-order valence-corrected chi connectivity index (χ0v) is 18.9. The molecule has 2 aromatic rings. The first-order valence-corrected chi connectivity index (χ1v) is 10.5. The molecule has 5 atom stereocenters. The van der Waals surface area contributed by atoms with E-state index in [0.29, 0.717) is 29.4 Å². The summed E-state index contributed by atoms with van der Waals surface area (Å²) in [5, 5.41) is 34.9. The van der Waals surface area contributed by atoms with E-state index >= 15 is 0 Å². The van der Waals surface area contributed by atoms with Gasteiger partial charge in [-0.25, -0.2) is 0 Å². The van der Waals surface area contributed by atoms with Gasteiger partial charge < -0.3 is 34.4 Å². The van der Waals surface area contributed by atoms with Crippen LogP contribution in [-0.2, 0) is 20.7 Å². The van der Waals surface area contributed by atoms with Crippen molar-refractivity contribution in [2.75, 3.05) is 20.8 Å². The monoisotopic (exact) mass is 465 g/mol. The number of rotatable bonds is 8. The quantitative estimate of drug-likeness (QED) is 0.405. The normalized spacial score (nSPS) is 26.1. The summed E-state index contributed by atoms with van der Waals surface area (Å²) in [4.78, 5) is 4.71. The Morgan fingerprint density at radius 3 is 2.41 bits per heavy atom. The largest absolute Gasteiger partial charge is 0.488 e. The highest BCUT2D eigenvalue weighted by molar-refractivity contribution is 6.31. The molecule has 0 aliphatic carbocycles. The van der Waals surface area contributed by atoms with Crippen LogP contribution in [0.2, 0.25) is 5.02 Å². The lowest BCUT2D eigenvalue weighted by Gasteiger charge is -2.40. The van der Waals surface area contributed by atoms with Crippen LogP contribution in [0.25, 0.3) is 0 Å². The maximum atomic E-state index is 10.4. The van der Waals surface area contributed by atoms with E-state index in [1.54, 1.807) is 12.1 Å². The Morgan fingerprint density at radius 1 is 1.03 bits per heavy atom. The highest BCUT2D eigenvalue weighted by atomic mass is 35.5. The summed E-state index contributed by atoms with van der Waals surface area (Å²) < 4.78 is 16.4. The van der Waals surface area contributed by atoms with Crippen LogP contribution in [0.5, 0.6) is 5.75 Å². The van der Waals surface area contributed by atoms with E-state index in [2.05, 4.69) is 5.16 Å². The molecule has 0 radical (unpaired) electrons. The fourth-order valence-electron chi connectivity index (χ4n) is 3.52. The average Bonchev–Trinajstić information content (AvgIpc) is 2.79. The second-order valence-electron chi connectivity index (χ2n) is 7.60. The van der Waals surface area contributed by atoms with Crippen LogP contribution in [0.1, 0.15) is 29.7 Å². The minimum Gasteiger partial charge on any atom is -0.488 e. The summed E-state index contributed by atoms with van der Waals surface area (Å²) in [6.45, 7) is 2.14. The maximum Gasteiger partial charge on any atom is 0.186 e. The fourth-order valence-corrected chi connectivity index (χ4v) is 3.70. The lowest BCUT2D eigenvalue weighted by molar-refractivity contribution is -0.292. The van der Waals surface area contributed by atoms with Crippen molar-refractivity contribution < 1.29 is 34.4 Å². The maximum absolute atomic E-state index is 10.4. The number of oxime groups is 1. The molecule has 3 N–H and O–H groups in total. The van der Waals surface area contributed by atoms with E-state index in [-0.39, 0.29) is 0 Å². The van der Waals surface area contributed by atoms with Gasteiger partial charge in [-0.1, -0.05) is 41.0 Å². The molecular formula is C23H28ClNO7. The van der Waals surface area contributed by atoms with E-state index in [9.17, 15) is 15.3 Å². The molecule has 0 amide bonds. The second kappa shape index (κ2) is 11.1. The molecule has 3 rings (SSSR count). The van der Waals surface area contributed by atoms with Gasteiger partial charge in [-0.3, -0.25) is 0 Å². The van der Waals surface area contributed by atoms with Crippen molar-refractivity contribution in [1.29, 1.82) is 0 Å². The topological polar surface area (TPSA) is 110 Å². The summed E-state index contributed by atoms with van der Waals surface area (Å²) >= 11 is 6.41. The van der Waals surface area contributed by atoms with E-state index < -0.39 is 30.7 Å². The average molecular weight is 466 g/mol. The van der Waals surface area contributed by atoms with E-state index in [0.717, 1.165) is 16.8 Å². The van der Waals surface area contributed by atoms with Gasteiger partial charge in [0.15, 0.2) is 6.29 Å². The molecule has 0 aromatic heterocycles. The summed E-state index contributed by atoms with van der Waals surface area (Å²) in [5.41, 5.74) is 3.18. The van der Waals surface area contributed by atoms with Crippen molar-refractivity contribution in [3.63, 3.8) is 0 Å². The lowest BCUT2D eigenvalue weighted by atomic mass is 9.92. The van der Waals surface area contributed by atoms with Gasteiger partial charge in [-0.05, 0) is 48.2 Å². The molecule has 0 saturated carbocycles. The molecule has 1 aliphatic rings. The molecule has 9 heteroatoms. The number of halogens is 1. The van der Waals surface area contributed by atoms with Gasteiger partial charge >= 0.3 is 0 Å². The third-order valence-corrected chi connectivity index (χ3v) is 5.58. The van der Waals surface area contributed by atoms with Crippen LogP contribution in [0.4, 0.5) is 0 Å². The van der Waals surface area contributed by atoms with E-state index in [1.165, 1.54) is 14.2 Å². The van der Waals surface area contributed by atoms with E-state index in [1.807, 2.05) is 37.3 Å². The Hall–Kier alpha value is -2.20. The van der Waals surface area contributed by atoms with Crippen molar-refractivity contribution in [3.05, 3.63) is 64.2 Å². The molecule has 0 bridgehead atoms. The smallest absolute Gasteiger partial charge is 0.186 e. The van der Waals surface area contributed by atoms with Crippen molar-refractivity contribution >= 4 is 17.3 Å². The first kappa shape index (κ1) is 24.4.